The van der Waals surface area contributed by atoms with Crippen molar-refractivity contribution in [1.29, 1.82) is 0 Å². The molecule has 4 heterocycles. The van der Waals surface area contributed by atoms with Gasteiger partial charge in [-0.2, -0.15) is 5.10 Å². The predicted molar refractivity (Wildman–Crippen MR) is 79.3 cm³/mol. The molecule has 22 heavy (non-hydrogen) atoms. The van der Waals surface area contributed by atoms with E-state index >= 15 is 0 Å². The number of aromatic amines is 1. The molecule has 2 aromatic rings. The van der Waals surface area contributed by atoms with E-state index in [0.717, 1.165) is 12.1 Å². The van der Waals surface area contributed by atoms with Crippen molar-refractivity contribution in [2.75, 3.05) is 11.4 Å². The van der Waals surface area contributed by atoms with Gasteiger partial charge in [-0.1, -0.05) is 0 Å². The summed E-state index contributed by atoms with van der Waals surface area (Å²) in [4.78, 5) is 31.5. The molecule has 0 aromatic carbocycles. The Morgan fingerprint density at radius 1 is 1.41 bits per heavy atom. The van der Waals surface area contributed by atoms with Gasteiger partial charge in [0.1, 0.15) is 5.69 Å². The second-order valence-corrected chi connectivity index (χ2v) is 5.85. The summed E-state index contributed by atoms with van der Waals surface area (Å²) in [6, 6.07) is 3.58. The monoisotopic (exact) mass is 299 g/mol. The summed E-state index contributed by atoms with van der Waals surface area (Å²) in [6.07, 6.45) is 6.47. The van der Waals surface area contributed by atoms with Gasteiger partial charge in [0, 0.05) is 32.4 Å². The van der Waals surface area contributed by atoms with Crippen molar-refractivity contribution in [2.45, 2.75) is 24.9 Å². The average Bonchev–Trinajstić information content (AvgIpc) is 3.22. The molecule has 2 atom stereocenters. The molecule has 2 aliphatic heterocycles. The molecular formula is C15H17N5O2. The predicted octanol–water partition coefficient (Wildman–Crippen LogP) is 0.768. The quantitative estimate of drug-likeness (QED) is 0.890. The molecule has 1 N–H and O–H groups in total. The number of fused-ring (bicyclic) bond motifs is 1. The Morgan fingerprint density at radius 2 is 2.27 bits per heavy atom. The first-order valence-corrected chi connectivity index (χ1v) is 7.40. The largest absolute Gasteiger partial charge is 0.357 e. The molecule has 0 aliphatic carbocycles. The highest BCUT2D eigenvalue weighted by molar-refractivity contribution is 5.99. The molecule has 2 fully saturated rings. The van der Waals surface area contributed by atoms with E-state index in [1.165, 1.54) is 0 Å². The highest BCUT2D eigenvalue weighted by Gasteiger charge is 2.49. The molecule has 114 valence electrons. The molecular weight excluding hydrogens is 282 g/mol. The second kappa shape index (κ2) is 4.72. The van der Waals surface area contributed by atoms with Crippen LogP contribution >= 0.6 is 0 Å². The third kappa shape index (κ3) is 1.85. The van der Waals surface area contributed by atoms with Crippen LogP contribution in [0.5, 0.6) is 0 Å². The summed E-state index contributed by atoms with van der Waals surface area (Å²) in [7, 11) is 1.83. The zero-order valence-corrected chi connectivity index (χ0v) is 12.3. The maximum atomic E-state index is 12.6. The normalized spacial score (nSPS) is 24.1. The summed E-state index contributed by atoms with van der Waals surface area (Å²) in [5.74, 6) is 0.0327. The maximum Gasteiger partial charge on any atom is 0.270 e. The third-order valence-electron chi connectivity index (χ3n) is 4.55. The summed E-state index contributed by atoms with van der Waals surface area (Å²) in [6.45, 7) is 0.678. The molecule has 4 rings (SSSR count). The zero-order chi connectivity index (χ0) is 15.3. The van der Waals surface area contributed by atoms with Crippen LogP contribution in [0.1, 0.15) is 23.3 Å². The van der Waals surface area contributed by atoms with Gasteiger partial charge >= 0.3 is 0 Å². The number of carbonyl (C=O) groups is 2. The first-order valence-electron chi connectivity index (χ1n) is 7.40. The minimum Gasteiger partial charge on any atom is -0.357 e. The highest BCUT2D eigenvalue weighted by Crippen LogP contribution is 2.36. The molecule has 2 amide bonds. The number of rotatable bonds is 2. The van der Waals surface area contributed by atoms with Crippen LogP contribution in [0, 0.1) is 0 Å². The van der Waals surface area contributed by atoms with E-state index < -0.39 is 0 Å². The number of nitrogens with zero attached hydrogens (tertiary/aromatic N) is 4. The van der Waals surface area contributed by atoms with E-state index in [1.807, 2.05) is 24.2 Å². The molecule has 2 aliphatic rings. The van der Waals surface area contributed by atoms with Crippen molar-refractivity contribution >= 4 is 17.5 Å². The Kier molecular flexibility index (Phi) is 2.82. The Bertz CT molecular complexity index is 720. The maximum absolute atomic E-state index is 12.6. The van der Waals surface area contributed by atoms with Crippen LogP contribution in [0.25, 0.3) is 0 Å². The molecule has 2 aromatic heterocycles. The summed E-state index contributed by atoms with van der Waals surface area (Å²) in [5.41, 5.74) is 1.39. The van der Waals surface area contributed by atoms with Crippen LogP contribution in [0.4, 0.5) is 5.69 Å². The van der Waals surface area contributed by atoms with Crippen LogP contribution in [0.3, 0.4) is 0 Å². The number of H-pyrrole nitrogens is 1. The van der Waals surface area contributed by atoms with E-state index in [-0.39, 0.29) is 23.9 Å². The van der Waals surface area contributed by atoms with Gasteiger partial charge in [0.2, 0.25) is 5.91 Å². The standard InChI is InChI=1S/C15H17N5O2/c1-18-9-10(8-17-18)20-12-4-6-19(13(12)7-14(20)21)15(22)11-3-2-5-16-11/h2-3,5,8-9,12-13,16H,4,6-7H2,1H3/t12-,13-/m1/s1. The summed E-state index contributed by atoms with van der Waals surface area (Å²) < 4.78 is 1.69. The van der Waals surface area contributed by atoms with Gasteiger partial charge in [0.05, 0.1) is 24.0 Å². The number of likely N-dealkylation sites (tertiary alicyclic amines) is 1. The van der Waals surface area contributed by atoms with Crippen molar-refractivity contribution in [3.05, 3.63) is 36.4 Å². The van der Waals surface area contributed by atoms with Gasteiger partial charge in [0.15, 0.2) is 0 Å². The molecule has 0 unspecified atom stereocenters. The SMILES string of the molecule is Cn1cc(N2C(=O)C[C@@H]3[C@H]2CCN3C(=O)c2ccc[nH]2)cn1. The number of aryl methyl sites for hydroxylation is 1. The van der Waals surface area contributed by atoms with E-state index in [1.54, 1.807) is 28.0 Å². The number of carbonyl (C=O) groups excluding carboxylic acids is 2. The van der Waals surface area contributed by atoms with Crippen molar-refractivity contribution in [3.8, 4) is 0 Å². The lowest BCUT2D eigenvalue weighted by atomic mass is 10.1. The fourth-order valence-electron chi connectivity index (χ4n) is 3.59. The fourth-order valence-corrected chi connectivity index (χ4v) is 3.59. The molecule has 2 saturated heterocycles. The van der Waals surface area contributed by atoms with Crippen molar-refractivity contribution in [3.63, 3.8) is 0 Å². The fraction of sp³-hybridized carbons (Fsp3) is 0.400. The first kappa shape index (κ1) is 13.1. The average molecular weight is 299 g/mol. The van der Waals surface area contributed by atoms with E-state index in [0.29, 0.717) is 18.7 Å². The number of hydrogen-bond acceptors (Lipinski definition) is 3. The summed E-state index contributed by atoms with van der Waals surface area (Å²) in [5, 5.41) is 4.14. The first-order chi connectivity index (χ1) is 10.6. The van der Waals surface area contributed by atoms with Gasteiger partial charge < -0.3 is 14.8 Å². The van der Waals surface area contributed by atoms with E-state index in [9.17, 15) is 9.59 Å². The van der Waals surface area contributed by atoms with Crippen LogP contribution in [-0.4, -0.2) is 50.1 Å². The van der Waals surface area contributed by atoms with Crippen molar-refractivity contribution < 1.29 is 9.59 Å². The zero-order valence-electron chi connectivity index (χ0n) is 12.3. The van der Waals surface area contributed by atoms with Gasteiger partial charge in [-0.3, -0.25) is 14.3 Å². The Labute approximate surface area is 127 Å². The lowest BCUT2D eigenvalue weighted by Gasteiger charge is -2.24. The second-order valence-electron chi connectivity index (χ2n) is 5.85. The van der Waals surface area contributed by atoms with Gasteiger partial charge in [-0.25, -0.2) is 0 Å². The molecule has 7 heteroatoms. The lowest BCUT2D eigenvalue weighted by Crippen LogP contribution is -2.40. The topological polar surface area (TPSA) is 74.2 Å². The Hall–Kier alpha value is -2.57. The van der Waals surface area contributed by atoms with Gasteiger partial charge in [0.25, 0.3) is 5.91 Å². The van der Waals surface area contributed by atoms with E-state index in [4.69, 9.17) is 0 Å². The molecule has 0 spiro atoms. The number of hydrogen-bond donors (Lipinski definition) is 1. The van der Waals surface area contributed by atoms with E-state index in [2.05, 4.69) is 10.1 Å². The van der Waals surface area contributed by atoms with Crippen LogP contribution in [0.2, 0.25) is 0 Å². The number of aromatic nitrogens is 3. The number of anilines is 1. The van der Waals surface area contributed by atoms with Crippen LogP contribution in [0.15, 0.2) is 30.7 Å². The molecule has 7 nitrogen and oxygen atoms in total. The minimum absolute atomic E-state index is 0.0293. The third-order valence-corrected chi connectivity index (χ3v) is 4.55. The van der Waals surface area contributed by atoms with Crippen molar-refractivity contribution in [2.24, 2.45) is 7.05 Å². The Morgan fingerprint density at radius 3 is 2.95 bits per heavy atom. The Balaban J connectivity index is 1.60. The molecule has 0 radical (unpaired) electrons. The smallest absolute Gasteiger partial charge is 0.270 e. The number of amides is 2. The highest BCUT2D eigenvalue weighted by atomic mass is 16.2. The van der Waals surface area contributed by atoms with Crippen LogP contribution in [-0.2, 0) is 11.8 Å². The van der Waals surface area contributed by atoms with Gasteiger partial charge in [-0.05, 0) is 18.6 Å². The summed E-state index contributed by atoms with van der Waals surface area (Å²) >= 11 is 0. The molecule has 0 bridgehead atoms. The van der Waals surface area contributed by atoms with Crippen molar-refractivity contribution in [1.82, 2.24) is 19.7 Å². The minimum atomic E-state index is -0.0523. The van der Waals surface area contributed by atoms with Gasteiger partial charge in [-0.15, -0.1) is 0 Å². The van der Waals surface area contributed by atoms with Crippen LogP contribution < -0.4 is 4.90 Å². The molecule has 0 saturated carbocycles. The lowest BCUT2D eigenvalue weighted by molar-refractivity contribution is -0.117. The number of nitrogens with one attached hydrogen (secondary N) is 1.